The molecule has 2 aromatic rings. The molecule has 1 aromatic heterocycles. The Balaban J connectivity index is 1.24. The molecular weight excluding hydrogens is 488 g/mol. The van der Waals surface area contributed by atoms with E-state index in [0.29, 0.717) is 16.5 Å². The maximum absolute atomic E-state index is 13.5. The first-order chi connectivity index (χ1) is 18.0. The summed E-state index contributed by atoms with van der Waals surface area (Å²) in [4.78, 5) is 33.8. The van der Waals surface area contributed by atoms with Crippen molar-refractivity contribution in [3.63, 3.8) is 0 Å². The van der Waals surface area contributed by atoms with Gasteiger partial charge in [0.15, 0.2) is 0 Å². The molecule has 4 aliphatic rings. The van der Waals surface area contributed by atoms with Gasteiger partial charge < -0.3 is 26.4 Å². The number of para-hydroxylation sites is 1. The minimum absolute atomic E-state index is 0.00884. The van der Waals surface area contributed by atoms with Crippen molar-refractivity contribution in [3.8, 4) is 11.6 Å². The van der Waals surface area contributed by atoms with Crippen LogP contribution < -0.4 is 31.3 Å². The second-order valence-electron chi connectivity index (χ2n) is 10.2. The smallest absolute Gasteiger partial charge is 0.326 e. The van der Waals surface area contributed by atoms with Crippen molar-refractivity contribution in [1.29, 1.82) is 0 Å². The molecule has 3 fully saturated rings. The predicted octanol–water partition coefficient (Wildman–Crippen LogP) is 3.36. The number of hydrogen-bond donors (Lipinski definition) is 4. The number of thioether (sulfide) groups is 1. The summed E-state index contributed by atoms with van der Waals surface area (Å²) in [6.07, 6.45) is 6.26. The number of amides is 3. The van der Waals surface area contributed by atoms with E-state index in [4.69, 9.17) is 10.5 Å². The van der Waals surface area contributed by atoms with Gasteiger partial charge in [0.2, 0.25) is 5.88 Å². The number of rotatable bonds is 5. The number of carbonyl (C=O) groups excluding carboxylic acids is 2. The molecule has 9 nitrogen and oxygen atoms in total. The van der Waals surface area contributed by atoms with Crippen LogP contribution in [0.3, 0.4) is 0 Å². The zero-order chi connectivity index (χ0) is 25.5. The molecule has 37 heavy (non-hydrogen) atoms. The largest absolute Gasteiger partial charge is 0.439 e. The number of aromatic nitrogens is 1. The van der Waals surface area contributed by atoms with Gasteiger partial charge in [-0.1, -0.05) is 30.0 Å². The summed E-state index contributed by atoms with van der Waals surface area (Å²) in [6, 6.07) is 11.3. The standard InChI is InChI=1S/C27H32N6O3S/c1-15-12-21(36-18-8-3-2-4-9-18)30-14-20(15)33-19-10-11-29-26-22(19)23(32-27(33)35)24(37-26)25(34)31-17-7-5-6-16(28)13-17/h2-4,8-9,12,14,16-17,19,22,26,29H,5-7,10-11,13,28H2,1H3,(H,31,34)(H,32,35)/t16-,17+,19?,22?,26?/m0/s1. The predicted molar refractivity (Wildman–Crippen MR) is 143 cm³/mol. The highest BCUT2D eigenvalue weighted by molar-refractivity contribution is 8.04. The second-order valence-corrected chi connectivity index (χ2v) is 11.4. The van der Waals surface area contributed by atoms with E-state index in [1.807, 2.05) is 48.2 Å². The van der Waals surface area contributed by atoms with Gasteiger partial charge in [-0.15, -0.1) is 0 Å². The molecule has 1 saturated carbocycles. The van der Waals surface area contributed by atoms with Crippen molar-refractivity contribution in [1.82, 2.24) is 20.9 Å². The van der Waals surface area contributed by atoms with Crippen LogP contribution in [0.15, 0.2) is 53.2 Å². The lowest BCUT2D eigenvalue weighted by Crippen LogP contribution is -2.62. The molecule has 10 heteroatoms. The third kappa shape index (κ3) is 4.69. The van der Waals surface area contributed by atoms with Crippen LogP contribution in [0.5, 0.6) is 11.6 Å². The highest BCUT2D eigenvalue weighted by atomic mass is 32.2. The molecular formula is C27H32N6O3S. The molecule has 0 spiro atoms. The van der Waals surface area contributed by atoms with E-state index in [-0.39, 0.29) is 41.4 Å². The summed E-state index contributed by atoms with van der Waals surface area (Å²) < 4.78 is 5.89. The van der Waals surface area contributed by atoms with E-state index in [2.05, 4.69) is 20.9 Å². The van der Waals surface area contributed by atoms with Crippen LogP contribution in [-0.2, 0) is 4.79 Å². The van der Waals surface area contributed by atoms with E-state index in [1.54, 1.807) is 6.20 Å². The molecule has 194 valence electrons. The average molecular weight is 521 g/mol. The Bertz CT molecular complexity index is 1240. The number of pyridine rings is 1. The molecule has 0 radical (unpaired) electrons. The van der Waals surface area contributed by atoms with Gasteiger partial charge in [0.25, 0.3) is 5.91 Å². The number of carbonyl (C=O) groups is 2. The molecule has 5 N–H and O–H groups in total. The van der Waals surface area contributed by atoms with E-state index in [1.165, 1.54) is 11.8 Å². The van der Waals surface area contributed by atoms with Crippen molar-refractivity contribution in [3.05, 3.63) is 58.8 Å². The van der Waals surface area contributed by atoms with Crippen LogP contribution >= 0.6 is 11.8 Å². The topological polar surface area (TPSA) is 122 Å². The van der Waals surface area contributed by atoms with Gasteiger partial charge in [-0.3, -0.25) is 9.69 Å². The third-order valence-electron chi connectivity index (χ3n) is 7.68. The number of benzene rings is 1. The molecule has 1 aromatic carbocycles. The lowest BCUT2D eigenvalue weighted by molar-refractivity contribution is -0.117. The molecule has 3 amide bonds. The van der Waals surface area contributed by atoms with E-state index in [9.17, 15) is 9.59 Å². The Morgan fingerprint density at radius 2 is 2.08 bits per heavy atom. The first-order valence-electron chi connectivity index (χ1n) is 13.0. The number of nitrogens with zero attached hydrogens (tertiary/aromatic N) is 2. The summed E-state index contributed by atoms with van der Waals surface area (Å²) in [6.45, 7) is 2.73. The normalized spacial score (nSPS) is 29.0. The van der Waals surface area contributed by atoms with Gasteiger partial charge in [-0.25, -0.2) is 9.78 Å². The van der Waals surface area contributed by atoms with Crippen LogP contribution in [0, 0.1) is 12.8 Å². The molecule has 2 saturated heterocycles. The molecule has 6 rings (SSSR count). The molecule has 0 bridgehead atoms. The average Bonchev–Trinajstić information content (AvgIpc) is 3.25. The molecule has 4 heterocycles. The van der Waals surface area contributed by atoms with Gasteiger partial charge in [0.05, 0.1) is 28.2 Å². The van der Waals surface area contributed by atoms with Crippen molar-refractivity contribution < 1.29 is 14.3 Å². The Morgan fingerprint density at radius 3 is 2.86 bits per heavy atom. The Kier molecular flexibility index (Phi) is 6.56. The minimum atomic E-state index is -0.231. The summed E-state index contributed by atoms with van der Waals surface area (Å²) in [5.41, 5.74) is 8.51. The van der Waals surface area contributed by atoms with E-state index < -0.39 is 0 Å². The number of aryl methyl sites for hydroxylation is 1. The quantitative estimate of drug-likeness (QED) is 0.477. The van der Waals surface area contributed by atoms with Crippen LogP contribution in [-0.4, -0.2) is 47.0 Å². The van der Waals surface area contributed by atoms with Crippen LogP contribution in [0.4, 0.5) is 10.5 Å². The summed E-state index contributed by atoms with van der Waals surface area (Å²) in [5.74, 6) is 1.07. The second kappa shape index (κ2) is 10.00. The fraction of sp³-hybridized carbons (Fsp3) is 0.444. The highest BCUT2D eigenvalue weighted by Gasteiger charge is 2.52. The van der Waals surface area contributed by atoms with Gasteiger partial charge >= 0.3 is 6.03 Å². The first-order valence-corrected chi connectivity index (χ1v) is 13.9. The molecule has 3 aliphatic heterocycles. The number of ether oxygens (including phenoxy) is 1. The lowest BCUT2D eigenvalue weighted by atomic mass is 9.86. The van der Waals surface area contributed by atoms with Crippen molar-refractivity contribution in [2.75, 3.05) is 11.4 Å². The Morgan fingerprint density at radius 1 is 1.24 bits per heavy atom. The number of piperidine rings is 1. The number of hydrogen-bond acceptors (Lipinski definition) is 7. The summed E-state index contributed by atoms with van der Waals surface area (Å²) in [7, 11) is 0. The van der Waals surface area contributed by atoms with Gasteiger partial charge in [-0.2, -0.15) is 0 Å². The van der Waals surface area contributed by atoms with E-state index in [0.717, 1.165) is 55.6 Å². The summed E-state index contributed by atoms with van der Waals surface area (Å²) in [5, 5.41) is 9.84. The fourth-order valence-corrected chi connectivity index (χ4v) is 7.35. The first kappa shape index (κ1) is 24.3. The van der Waals surface area contributed by atoms with E-state index >= 15 is 0 Å². The zero-order valence-electron chi connectivity index (χ0n) is 20.8. The van der Waals surface area contributed by atoms with Crippen LogP contribution in [0.25, 0.3) is 0 Å². The maximum atomic E-state index is 13.5. The minimum Gasteiger partial charge on any atom is -0.439 e. The van der Waals surface area contributed by atoms with Crippen molar-refractivity contribution in [2.45, 2.75) is 62.5 Å². The Labute approximate surface area is 220 Å². The zero-order valence-corrected chi connectivity index (χ0v) is 21.6. The van der Waals surface area contributed by atoms with Crippen molar-refractivity contribution >= 4 is 29.4 Å². The fourth-order valence-electron chi connectivity index (χ4n) is 5.95. The summed E-state index contributed by atoms with van der Waals surface area (Å²) >= 11 is 1.52. The number of nitrogens with two attached hydrogens (primary N) is 1. The lowest BCUT2D eigenvalue weighted by Gasteiger charge is -2.46. The highest BCUT2D eigenvalue weighted by Crippen LogP contribution is 2.48. The van der Waals surface area contributed by atoms with Crippen molar-refractivity contribution in [2.24, 2.45) is 11.7 Å². The van der Waals surface area contributed by atoms with Crippen LogP contribution in [0.2, 0.25) is 0 Å². The monoisotopic (exact) mass is 520 g/mol. The molecule has 3 unspecified atom stereocenters. The van der Waals surface area contributed by atoms with Gasteiger partial charge in [0.1, 0.15) is 5.75 Å². The SMILES string of the molecule is Cc1cc(Oc2ccccc2)ncc1N1C(=O)NC2=C(C(=O)N[C@@H]3CCC[C@H](N)C3)SC3NCCC1C23. The number of anilines is 1. The maximum Gasteiger partial charge on any atom is 0.326 e. The number of nitrogens with one attached hydrogen (secondary N) is 3. The van der Waals surface area contributed by atoms with Gasteiger partial charge in [-0.05, 0) is 63.3 Å². The van der Waals surface area contributed by atoms with Crippen LogP contribution in [0.1, 0.15) is 37.7 Å². The van der Waals surface area contributed by atoms with Gasteiger partial charge in [0, 0.05) is 29.8 Å². The number of urea groups is 1. The third-order valence-corrected chi connectivity index (χ3v) is 9.04. The molecule has 5 atom stereocenters. The molecule has 1 aliphatic carbocycles. The Hall–Kier alpha value is -3.08.